The first-order valence-electron chi connectivity index (χ1n) is 6.83. The van der Waals surface area contributed by atoms with Crippen LogP contribution in [-0.4, -0.2) is 31.4 Å². The maximum absolute atomic E-state index is 8.62. The molecule has 2 rings (SSSR count). The second kappa shape index (κ2) is 7.77. The van der Waals surface area contributed by atoms with E-state index in [-0.39, 0.29) is 6.61 Å². The Kier molecular flexibility index (Phi) is 5.66. The van der Waals surface area contributed by atoms with Crippen molar-refractivity contribution in [3.05, 3.63) is 42.5 Å². The van der Waals surface area contributed by atoms with Crippen LogP contribution in [0.25, 0.3) is 10.8 Å². The lowest BCUT2D eigenvalue weighted by Crippen LogP contribution is -2.19. The number of aliphatic hydroxyl groups excluding tert-OH is 1. The lowest BCUT2D eigenvalue weighted by molar-refractivity contribution is 0.286. The Morgan fingerprint density at radius 1 is 0.947 bits per heavy atom. The van der Waals surface area contributed by atoms with Gasteiger partial charge in [-0.2, -0.15) is 0 Å². The topological polar surface area (TPSA) is 41.5 Å². The zero-order valence-electron chi connectivity index (χ0n) is 11.1. The molecule has 2 N–H and O–H groups in total. The van der Waals surface area contributed by atoms with Crippen LogP contribution in [0.3, 0.4) is 0 Å². The molecular weight excluding hydrogens is 238 g/mol. The Hall–Kier alpha value is -1.58. The van der Waals surface area contributed by atoms with Crippen molar-refractivity contribution < 1.29 is 9.84 Å². The van der Waals surface area contributed by atoms with Crippen molar-refractivity contribution in [3.8, 4) is 5.75 Å². The summed E-state index contributed by atoms with van der Waals surface area (Å²) in [6.45, 7) is 2.54. The number of hydrogen-bond donors (Lipinski definition) is 2. The van der Waals surface area contributed by atoms with E-state index in [9.17, 15) is 0 Å². The molecule has 2 aromatic carbocycles. The molecule has 0 aliphatic rings. The molecule has 0 atom stereocenters. The van der Waals surface area contributed by atoms with Crippen LogP contribution in [0.2, 0.25) is 0 Å². The van der Waals surface area contributed by atoms with E-state index in [0.717, 1.165) is 31.7 Å². The van der Waals surface area contributed by atoms with Crippen LogP contribution >= 0.6 is 0 Å². The van der Waals surface area contributed by atoms with E-state index in [1.54, 1.807) is 0 Å². The molecule has 0 fully saturated rings. The Bertz CT molecular complexity index is 499. The van der Waals surface area contributed by atoms with Gasteiger partial charge < -0.3 is 15.2 Å². The molecule has 3 nitrogen and oxygen atoms in total. The quantitative estimate of drug-likeness (QED) is 0.716. The summed E-state index contributed by atoms with van der Waals surface area (Å²) in [5, 5.41) is 14.2. The predicted octanol–water partition coefficient (Wildman–Crippen LogP) is 2.58. The van der Waals surface area contributed by atoms with E-state index in [1.165, 1.54) is 10.8 Å². The van der Waals surface area contributed by atoms with Crippen molar-refractivity contribution in [1.82, 2.24) is 5.32 Å². The van der Waals surface area contributed by atoms with E-state index in [2.05, 4.69) is 29.6 Å². The highest BCUT2D eigenvalue weighted by molar-refractivity contribution is 5.83. The summed E-state index contributed by atoms with van der Waals surface area (Å²) >= 11 is 0. The molecule has 19 heavy (non-hydrogen) atoms. The number of unbranched alkanes of at least 4 members (excludes halogenated alkanes) is 1. The van der Waals surface area contributed by atoms with Gasteiger partial charge in [0.1, 0.15) is 5.75 Å². The fourth-order valence-electron chi connectivity index (χ4n) is 2.00. The van der Waals surface area contributed by atoms with Crippen LogP contribution in [0.5, 0.6) is 5.75 Å². The zero-order chi connectivity index (χ0) is 13.3. The summed E-state index contributed by atoms with van der Waals surface area (Å²) in [6, 6.07) is 14.5. The minimum atomic E-state index is 0.202. The van der Waals surface area contributed by atoms with Gasteiger partial charge in [0, 0.05) is 6.54 Å². The predicted molar refractivity (Wildman–Crippen MR) is 78.6 cm³/mol. The van der Waals surface area contributed by atoms with Gasteiger partial charge in [-0.3, -0.25) is 0 Å². The Morgan fingerprint density at radius 2 is 1.79 bits per heavy atom. The highest BCUT2D eigenvalue weighted by Crippen LogP contribution is 2.20. The van der Waals surface area contributed by atoms with Crippen LogP contribution < -0.4 is 10.1 Å². The van der Waals surface area contributed by atoms with Crippen molar-refractivity contribution in [3.63, 3.8) is 0 Å². The van der Waals surface area contributed by atoms with Crippen molar-refractivity contribution in [2.45, 2.75) is 12.8 Å². The molecule has 0 aromatic heterocycles. The molecule has 0 aliphatic heterocycles. The molecule has 0 amide bonds. The monoisotopic (exact) mass is 259 g/mol. The Balaban J connectivity index is 1.72. The van der Waals surface area contributed by atoms with Crippen LogP contribution in [0.15, 0.2) is 42.5 Å². The highest BCUT2D eigenvalue weighted by Gasteiger charge is 1.97. The third-order valence-corrected chi connectivity index (χ3v) is 3.03. The summed E-state index contributed by atoms with van der Waals surface area (Å²) < 4.78 is 5.74. The molecular formula is C16H21NO2. The first-order chi connectivity index (χ1) is 9.40. The van der Waals surface area contributed by atoms with Gasteiger partial charge in [0.2, 0.25) is 0 Å². The number of benzene rings is 2. The fourth-order valence-corrected chi connectivity index (χ4v) is 2.00. The van der Waals surface area contributed by atoms with Gasteiger partial charge in [-0.25, -0.2) is 0 Å². The zero-order valence-corrected chi connectivity index (χ0v) is 11.1. The molecule has 3 heteroatoms. The van der Waals surface area contributed by atoms with Crippen molar-refractivity contribution in [2.24, 2.45) is 0 Å². The van der Waals surface area contributed by atoms with Crippen molar-refractivity contribution >= 4 is 10.8 Å². The van der Waals surface area contributed by atoms with Gasteiger partial charge in [-0.15, -0.1) is 0 Å². The van der Waals surface area contributed by atoms with E-state index >= 15 is 0 Å². The number of hydrogen-bond acceptors (Lipinski definition) is 3. The molecule has 2 aromatic rings. The van der Waals surface area contributed by atoms with Crippen LogP contribution in [0.4, 0.5) is 0 Å². The number of nitrogens with one attached hydrogen (secondary N) is 1. The van der Waals surface area contributed by atoms with Gasteiger partial charge in [-0.1, -0.05) is 30.3 Å². The minimum absolute atomic E-state index is 0.202. The number of rotatable bonds is 8. The van der Waals surface area contributed by atoms with Crippen LogP contribution in [-0.2, 0) is 0 Å². The third kappa shape index (κ3) is 4.54. The molecule has 0 bridgehead atoms. The smallest absolute Gasteiger partial charge is 0.119 e. The number of fused-ring (bicyclic) bond motifs is 1. The maximum atomic E-state index is 8.62. The van der Waals surface area contributed by atoms with Crippen LogP contribution in [0.1, 0.15) is 12.8 Å². The van der Waals surface area contributed by atoms with Gasteiger partial charge in [0.15, 0.2) is 0 Å². The molecule has 0 aliphatic carbocycles. The standard InChI is InChI=1S/C16H21NO2/c18-11-10-17-9-3-4-12-19-16-8-7-14-5-1-2-6-15(14)13-16/h1-2,5-8,13,17-18H,3-4,9-12H2. The molecule has 0 saturated heterocycles. The lowest BCUT2D eigenvalue weighted by atomic mass is 10.1. The summed E-state index contributed by atoms with van der Waals surface area (Å²) in [5.41, 5.74) is 0. The largest absolute Gasteiger partial charge is 0.494 e. The third-order valence-electron chi connectivity index (χ3n) is 3.03. The van der Waals surface area contributed by atoms with Crippen molar-refractivity contribution in [1.29, 1.82) is 0 Å². The van der Waals surface area contributed by atoms with Crippen LogP contribution in [0, 0.1) is 0 Å². The summed E-state index contributed by atoms with van der Waals surface area (Å²) in [6.07, 6.45) is 2.08. The molecule has 0 saturated carbocycles. The Morgan fingerprint density at radius 3 is 2.63 bits per heavy atom. The fraction of sp³-hybridized carbons (Fsp3) is 0.375. The van der Waals surface area contributed by atoms with Gasteiger partial charge >= 0.3 is 0 Å². The average molecular weight is 259 g/mol. The second-order valence-electron chi connectivity index (χ2n) is 4.54. The van der Waals surface area contributed by atoms with Gasteiger partial charge in [-0.05, 0) is 42.3 Å². The first-order valence-corrected chi connectivity index (χ1v) is 6.83. The molecule has 102 valence electrons. The van der Waals surface area contributed by atoms with Crippen molar-refractivity contribution in [2.75, 3.05) is 26.3 Å². The Labute approximate surface area is 114 Å². The SMILES string of the molecule is OCCNCCCCOc1ccc2ccccc2c1. The lowest BCUT2D eigenvalue weighted by Gasteiger charge is -2.07. The minimum Gasteiger partial charge on any atom is -0.494 e. The van der Waals surface area contributed by atoms with Gasteiger partial charge in [0.05, 0.1) is 13.2 Å². The normalized spacial score (nSPS) is 10.8. The van der Waals surface area contributed by atoms with E-state index in [0.29, 0.717) is 6.54 Å². The molecule has 0 unspecified atom stereocenters. The van der Waals surface area contributed by atoms with E-state index < -0.39 is 0 Å². The summed E-state index contributed by atoms with van der Waals surface area (Å²) in [7, 11) is 0. The maximum Gasteiger partial charge on any atom is 0.119 e. The van der Waals surface area contributed by atoms with Gasteiger partial charge in [0.25, 0.3) is 0 Å². The summed E-state index contributed by atoms with van der Waals surface area (Å²) in [5.74, 6) is 0.932. The average Bonchev–Trinajstić information content (AvgIpc) is 2.46. The first kappa shape index (κ1) is 13.8. The highest BCUT2D eigenvalue weighted by atomic mass is 16.5. The molecule has 0 radical (unpaired) electrons. The number of ether oxygens (including phenoxy) is 1. The second-order valence-corrected chi connectivity index (χ2v) is 4.54. The molecule has 0 spiro atoms. The summed E-state index contributed by atoms with van der Waals surface area (Å²) in [4.78, 5) is 0. The van der Waals surface area contributed by atoms with E-state index in [1.807, 2.05) is 18.2 Å². The molecule has 0 heterocycles. The number of aliphatic hydroxyl groups is 1. The van der Waals surface area contributed by atoms with E-state index in [4.69, 9.17) is 9.84 Å².